The van der Waals surface area contributed by atoms with Crippen LogP contribution in [0.15, 0.2) is 24.3 Å². The monoisotopic (exact) mass is 360 g/mol. The molecule has 0 aromatic heterocycles. The zero-order valence-electron chi connectivity index (χ0n) is 10.6. The Morgan fingerprint density at radius 1 is 1.39 bits per heavy atom. The summed E-state index contributed by atoms with van der Waals surface area (Å²) in [5, 5.41) is 0. The summed E-state index contributed by atoms with van der Waals surface area (Å²) in [7, 11) is 0. The summed E-state index contributed by atoms with van der Waals surface area (Å²) in [5.74, 6) is -0.203. The molecule has 1 saturated heterocycles. The van der Waals surface area contributed by atoms with Gasteiger partial charge >= 0.3 is 5.97 Å². The van der Waals surface area contributed by atoms with Gasteiger partial charge in [0.05, 0.1) is 18.7 Å². The summed E-state index contributed by atoms with van der Waals surface area (Å²) in [4.78, 5) is 13.6. The molecule has 0 aliphatic carbocycles. The highest BCUT2D eigenvalue weighted by Gasteiger charge is 2.21. The van der Waals surface area contributed by atoms with Gasteiger partial charge in [-0.25, -0.2) is 4.79 Å². The first kappa shape index (κ1) is 13.8. The molecule has 1 atom stereocenters. The van der Waals surface area contributed by atoms with Crippen molar-refractivity contribution < 1.29 is 14.4 Å². The smallest absolute Gasteiger partial charge is 0.339 e. The summed E-state index contributed by atoms with van der Waals surface area (Å²) < 4.78 is 6.46. The van der Waals surface area contributed by atoms with Gasteiger partial charge in [0.2, 0.25) is 0 Å². The second-order valence-electron chi connectivity index (χ2n) is 4.86. The highest BCUT2D eigenvalue weighted by atomic mass is 127. The maximum absolute atomic E-state index is 12.0. The molecule has 1 aliphatic heterocycles. The van der Waals surface area contributed by atoms with Crippen LogP contribution in [0.5, 0.6) is 0 Å². The minimum absolute atomic E-state index is 0.0124. The Hall–Kier alpha value is -0.620. The van der Waals surface area contributed by atoms with Gasteiger partial charge in [-0.1, -0.05) is 12.1 Å². The van der Waals surface area contributed by atoms with E-state index in [4.69, 9.17) is 4.74 Å². The van der Waals surface area contributed by atoms with Gasteiger partial charge in [-0.2, -0.15) is 0 Å². The Morgan fingerprint density at radius 2 is 2.06 bits per heavy atom. The highest BCUT2D eigenvalue weighted by Crippen LogP contribution is 2.13. The summed E-state index contributed by atoms with van der Waals surface area (Å²) in [6.45, 7) is 5.34. The highest BCUT2D eigenvalue weighted by molar-refractivity contribution is 14.1. The average molecular weight is 360 g/mol. The van der Waals surface area contributed by atoms with Crippen molar-refractivity contribution in [3.05, 3.63) is 33.4 Å². The van der Waals surface area contributed by atoms with E-state index in [-0.39, 0.29) is 12.1 Å². The molecule has 0 spiro atoms. The van der Waals surface area contributed by atoms with Crippen LogP contribution in [-0.2, 0) is 4.74 Å². The van der Waals surface area contributed by atoms with Gasteiger partial charge in [0.1, 0.15) is 12.6 Å². The van der Waals surface area contributed by atoms with E-state index >= 15 is 0 Å². The van der Waals surface area contributed by atoms with Gasteiger partial charge in [-0.3, -0.25) is 0 Å². The zero-order valence-corrected chi connectivity index (χ0v) is 12.8. The Kier molecular flexibility index (Phi) is 5.00. The van der Waals surface area contributed by atoms with E-state index in [9.17, 15) is 4.79 Å². The van der Waals surface area contributed by atoms with Gasteiger partial charge in [0.25, 0.3) is 0 Å². The number of hydrogen-bond acceptors (Lipinski definition) is 2. The third kappa shape index (κ3) is 3.68. The Labute approximate surface area is 122 Å². The molecule has 0 bridgehead atoms. The van der Waals surface area contributed by atoms with Crippen LogP contribution >= 0.6 is 22.6 Å². The summed E-state index contributed by atoms with van der Waals surface area (Å²) in [5.41, 5.74) is 0.668. The number of hydrogen-bond donors (Lipinski definition) is 1. The lowest BCUT2D eigenvalue weighted by molar-refractivity contribution is -0.890. The van der Waals surface area contributed by atoms with Crippen LogP contribution in [-0.4, -0.2) is 31.7 Å². The van der Waals surface area contributed by atoms with Crippen LogP contribution in [0.4, 0.5) is 0 Å². The SMILES string of the molecule is C[C@H](C[NH+]1CCCC1)OC(=O)c1ccccc1I. The second-order valence-corrected chi connectivity index (χ2v) is 6.02. The van der Waals surface area contributed by atoms with Crippen molar-refractivity contribution >= 4 is 28.6 Å². The summed E-state index contributed by atoms with van der Waals surface area (Å²) >= 11 is 2.17. The molecule has 98 valence electrons. The van der Waals surface area contributed by atoms with Crippen LogP contribution in [0.3, 0.4) is 0 Å². The number of carbonyl (C=O) groups is 1. The maximum atomic E-state index is 12.0. The minimum atomic E-state index is -0.203. The molecule has 0 amide bonds. The van der Waals surface area contributed by atoms with Crippen LogP contribution in [0.1, 0.15) is 30.1 Å². The number of ether oxygens (including phenoxy) is 1. The first-order valence-corrected chi connectivity index (χ1v) is 7.54. The van der Waals surface area contributed by atoms with E-state index in [0.29, 0.717) is 5.56 Å². The number of benzene rings is 1. The van der Waals surface area contributed by atoms with Crippen molar-refractivity contribution in [1.29, 1.82) is 0 Å². The molecule has 1 heterocycles. The van der Waals surface area contributed by atoms with Crippen LogP contribution in [0, 0.1) is 3.57 Å². The number of rotatable bonds is 4. The zero-order chi connectivity index (χ0) is 13.0. The third-order valence-electron chi connectivity index (χ3n) is 3.29. The Morgan fingerprint density at radius 3 is 2.72 bits per heavy atom. The molecule has 4 heteroatoms. The molecule has 1 fully saturated rings. The standard InChI is InChI=1S/C14H18INO2/c1-11(10-16-8-4-5-9-16)18-14(17)12-6-2-3-7-13(12)15/h2-3,6-7,11H,4-5,8-10H2,1H3/p+1/t11-/m1/s1. The lowest BCUT2D eigenvalue weighted by atomic mass is 10.2. The van der Waals surface area contributed by atoms with Gasteiger partial charge in [0.15, 0.2) is 0 Å². The molecule has 2 rings (SSSR count). The van der Waals surface area contributed by atoms with E-state index in [1.807, 2.05) is 31.2 Å². The van der Waals surface area contributed by atoms with E-state index in [2.05, 4.69) is 22.6 Å². The minimum Gasteiger partial charge on any atom is -0.453 e. The van der Waals surface area contributed by atoms with Gasteiger partial charge < -0.3 is 9.64 Å². The first-order chi connectivity index (χ1) is 8.66. The fourth-order valence-corrected chi connectivity index (χ4v) is 3.01. The Bertz CT molecular complexity index is 416. The molecule has 18 heavy (non-hydrogen) atoms. The van der Waals surface area contributed by atoms with Gasteiger partial charge in [-0.05, 0) is 41.6 Å². The fraction of sp³-hybridized carbons (Fsp3) is 0.500. The van der Waals surface area contributed by atoms with Crippen molar-refractivity contribution in [3.8, 4) is 0 Å². The predicted molar refractivity (Wildman–Crippen MR) is 78.8 cm³/mol. The largest absolute Gasteiger partial charge is 0.453 e. The van der Waals surface area contributed by atoms with Crippen LogP contribution in [0.25, 0.3) is 0 Å². The second kappa shape index (κ2) is 6.52. The Balaban J connectivity index is 1.88. The molecule has 1 aromatic rings. The lowest BCUT2D eigenvalue weighted by Crippen LogP contribution is -3.11. The summed E-state index contributed by atoms with van der Waals surface area (Å²) in [6, 6.07) is 7.54. The molecular weight excluding hydrogens is 341 g/mol. The first-order valence-electron chi connectivity index (χ1n) is 6.46. The fourth-order valence-electron chi connectivity index (χ4n) is 2.40. The average Bonchev–Trinajstić information content (AvgIpc) is 2.82. The van der Waals surface area contributed by atoms with Crippen molar-refractivity contribution in [3.63, 3.8) is 0 Å². The van der Waals surface area contributed by atoms with Crippen LogP contribution < -0.4 is 4.90 Å². The molecule has 0 unspecified atom stereocenters. The van der Waals surface area contributed by atoms with Gasteiger partial charge in [0, 0.05) is 16.4 Å². The molecule has 1 N–H and O–H groups in total. The topological polar surface area (TPSA) is 30.7 Å². The molecule has 1 aliphatic rings. The molecule has 0 saturated carbocycles. The number of likely N-dealkylation sites (tertiary alicyclic amines) is 1. The van der Waals surface area contributed by atoms with Crippen LogP contribution in [0.2, 0.25) is 0 Å². The molecule has 1 aromatic carbocycles. The van der Waals surface area contributed by atoms with Crippen molar-refractivity contribution in [2.45, 2.75) is 25.9 Å². The number of halogens is 1. The number of quaternary nitrogens is 1. The predicted octanol–water partition coefficient (Wildman–Crippen LogP) is 1.52. The van der Waals surface area contributed by atoms with E-state index in [0.717, 1.165) is 10.1 Å². The van der Waals surface area contributed by atoms with Crippen molar-refractivity contribution in [2.75, 3.05) is 19.6 Å². The van der Waals surface area contributed by atoms with E-state index in [1.165, 1.54) is 25.9 Å². The quantitative estimate of drug-likeness (QED) is 0.652. The third-order valence-corrected chi connectivity index (χ3v) is 4.23. The number of nitrogens with one attached hydrogen (secondary N) is 1. The molecular formula is C14H19INO2+. The normalized spacial score (nSPS) is 17.7. The maximum Gasteiger partial charge on any atom is 0.339 e. The number of carbonyl (C=O) groups excluding carboxylic acids is 1. The summed E-state index contributed by atoms with van der Waals surface area (Å²) in [6.07, 6.45) is 2.58. The number of esters is 1. The van der Waals surface area contributed by atoms with Gasteiger partial charge in [-0.15, -0.1) is 0 Å². The van der Waals surface area contributed by atoms with E-state index < -0.39 is 0 Å². The molecule has 0 radical (unpaired) electrons. The molecule has 3 nitrogen and oxygen atoms in total. The van der Waals surface area contributed by atoms with E-state index in [1.54, 1.807) is 4.90 Å². The van der Waals surface area contributed by atoms with Crippen molar-refractivity contribution in [1.82, 2.24) is 0 Å². The van der Waals surface area contributed by atoms with Crippen molar-refractivity contribution in [2.24, 2.45) is 0 Å². The lowest BCUT2D eigenvalue weighted by Gasteiger charge is -2.18.